The number of aromatic nitrogens is 4. The second kappa shape index (κ2) is 6.93. The standard InChI is InChI=1S/C19H13N5O2S/c20-15(25)6-5-13-9-22-18-16(13)24-14(10-23-18)11-1-3-12(4-2-11)17(26)19-21-7-8-27-19/h1-10H,(H2,20,25)(H,22,23)/b6-5+. The van der Waals surface area contributed by atoms with Crippen molar-refractivity contribution >= 4 is 40.3 Å². The summed E-state index contributed by atoms with van der Waals surface area (Å²) in [5.41, 5.74) is 9.15. The molecule has 0 aliphatic rings. The summed E-state index contributed by atoms with van der Waals surface area (Å²) in [5, 5.41) is 2.23. The zero-order chi connectivity index (χ0) is 18.8. The Hall–Kier alpha value is -3.65. The van der Waals surface area contributed by atoms with Gasteiger partial charge in [-0.25, -0.2) is 15.0 Å². The normalized spacial score (nSPS) is 11.3. The van der Waals surface area contributed by atoms with Crippen molar-refractivity contribution in [2.75, 3.05) is 0 Å². The van der Waals surface area contributed by atoms with E-state index in [2.05, 4.69) is 19.9 Å². The Morgan fingerprint density at radius 3 is 2.67 bits per heavy atom. The molecule has 0 saturated heterocycles. The number of thiazole rings is 1. The Kier molecular flexibility index (Phi) is 4.31. The van der Waals surface area contributed by atoms with E-state index in [1.807, 2.05) is 12.1 Å². The molecule has 27 heavy (non-hydrogen) atoms. The van der Waals surface area contributed by atoms with Crippen LogP contribution in [0.15, 0.2) is 54.3 Å². The summed E-state index contributed by atoms with van der Waals surface area (Å²) in [6.07, 6.45) is 7.84. The van der Waals surface area contributed by atoms with Crippen LogP contribution in [0.25, 0.3) is 28.5 Å². The van der Waals surface area contributed by atoms with E-state index in [9.17, 15) is 9.59 Å². The first kappa shape index (κ1) is 16.8. The van der Waals surface area contributed by atoms with E-state index in [0.717, 1.165) is 5.56 Å². The minimum atomic E-state index is -0.533. The molecule has 8 heteroatoms. The van der Waals surface area contributed by atoms with Crippen molar-refractivity contribution in [1.29, 1.82) is 0 Å². The third kappa shape index (κ3) is 3.38. The van der Waals surface area contributed by atoms with E-state index < -0.39 is 5.91 Å². The monoisotopic (exact) mass is 375 g/mol. The van der Waals surface area contributed by atoms with Crippen molar-refractivity contribution in [3.63, 3.8) is 0 Å². The summed E-state index contributed by atoms with van der Waals surface area (Å²) >= 11 is 1.31. The quantitative estimate of drug-likeness (QED) is 0.411. The average molecular weight is 375 g/mol. The first-order valence-electron chi connectivity index (χ1n) is 7.98. The molecule has 4 aromatic rings. The van der Waals surface area contributed by atoms with E-state index in [1.165, 1.54) is 17.4 Å². The summed E-state index contributed by atoms with van der Waals surface area (Å²) in [5.74, 6) is -0.642. The van der Waals surface area contributed by atoms with Crippen LogP contribution >= 0.6 is 11.3 Å². The third-order valence-corrected chi connectivity index (χ3v) is 4.68. The van der Waals surface area contributed by atoms with E-state index in [4.69, 9.17) is 5.73 Å². The molecule has 1 aromatic carbocycles. The molecule has 3 heterocycles. The van der Waals surface area contributed by atoms with Crippen molar-refractivity contribution in [1.82, 2.24) is 19.9 Å². The summed E-state index contributed by atoms with van der Waals surface area (Å²) in [6.45, 7) is 0. The highest BCUT2D eigenvalue weighted by Gasteiger charge is 2.12. The van der Waals surface area contributed by atoms with Gasteiger partial charge in [0.15, 0.2) is 10.7 Å². The Balaban J connectivity index is 1.67. The molecule has 0 saturated carbocycles. The molecular weight excluding hydrogens is 362 g/mol. The number of carbonyl (C=O) groups is 2. The maximum atomic E-state index is 12.3. The minimum absolute atomic E-state index is 0.109. The summed E-state index contributed by atoms with van der Waals surface area (Å²) in [6, 6.07) is 7.14. The Morgan fingerprint density at radius 1 is 1.15 bits per heavy atom. The van der Waals surface area contributed by atoms with Crippen molar-refractivity contribution in [3.8, 4) is 11.3 Å². The zero-order valence-corrected chi connectivity index (χ0v) is 14.7. The molecule has 0 aliphatic carbocycles. The largest absolute Gasteiger partial charge is 0.366 e. The Morgan fingerprint density at radius 2 is 1.96 bits per heavy atom. The van der Waals surface area contributed by atoms with Gasteiger partial charge in [-0.05, 0) is 6.08 Å². The smallest absolute Gasteiger partial charge is 0.241 e. The number of ketones is 1. The van der Waals surface area contributed by atoms with Gasteiger partial charge in [0, 0.05) is 40.5 Å². The van der Waals surface area contributed by atoms with E-state index in [1.54, 1.807) is 42.2 Å². The lowest BCUT2D eigenvalue weighted by Gasteiger charge is -2.03. The van der Waals surface area contributed by atoms with Gasteiger partial charge in [0.05, 0.1) is 11.9 Å². The lowest BCUT2D eigenvalue weighted by Crippen LogP contribution is -2.05. The molecular formula is C19H13N5O2S. The average Bonchev–Trinajstić information content (AvgIpc) is 3.35. The number of aromatic amines is 1. The van der Waals surface area contributed by atoms with Crippen LogP contribution < -0.4 is 5.73 Å². The van der Waals surface area contributed by atoms with Gasteiger partial charge in [-0.15, -0.1) is 11.3 Å². The second-order valence-electron chi connectivity index (χ2n) is 5.68. The Bertz CT molecular complexity index is 1160. The molecule has 0 radical (unpaired) electrons. The number of hydrogen-bond donors (Lipinski definition) is 2. The predicted molar refractivity (Wildman–Crippen MR) is 103 cm³/mol. The number of H-pyrrole nitrogens is 1. The topological polar surface area (TPSA) is 115 Å². The van der Waals surface area contributed by atoms with Gasteiger partial charge in [0.1, 0.15) is 5.52 Å². The van der Waals surface area contributed by atoms with Gasteiger partial charge < -0.3 is 10.7 Å². The number of nitrogens with one attached hydrogen (secondary N) is 1. The zero-order valence-electron chi connectivity index (χ0n) is 13.9. The maximum absolute atomic E-state index is 12.3. The highest BCUT2D eigenvalue weighted by molar-refractivity contribution is 7.11. The fourth-order valence-electron chi connectivity index (χ4n) is 2.60. The van der Waals surface area contributed by atoms with Crippen LogP contribution in [0.1, 0.15) is 20.9 Å². The highest BCUT2D eigenvalue weighted by atomic mass is 32.1. The first-order chi connectivity index (χ1) is 13.1. The van der Waals surface area contributed by atoms with Crippen molar-refractivity contribution in [2.24, 2.45) is 5.73 Å². The number of fused-ring (bicyclic) bond motifs is 1. The van der Waals surface area contributed by atoms with Crippen molar-refractivity contribution < 1.29 is 9.59 Å². The van der Waals surface area contributed by atoms with Crippen LogP contribution in [0.2, 0.25) is 0 Å². The molecule has 3 N–H and O–H groups in total. The number of hydrogen-bond acceptors (Lipinski definition) is 6. The molecule has 0 bridgehead atoms. The highest BCUT2D eigenvalue weighted by Crippen LogP contribution is 2.23. The second-order valence-corrected chi connectivity index (χ2v) is 6.57. The summed E-state index contributed by atoms with van der Waals surface area (Å²) in [4.78, 5) is 39.3. The molecule has 7 nitrogen and oxygen atoms in total. The predicted octanol–water partition coefficient (Wildman–Crippen LogP) is 2.81. The lowest BCUT2D eigenvalue weighted by atomic mass is 10.1. The van der Waals surface area contributed by atoms with Crippen LogP contribution in [0.3, 0.4) is 0 Å². The minimum Gasteiger partial charge on any atom is -0.366 e. The van der Waals surface area contributed by atoms with E-state index >= 15 is 0 Å². The number of rotatable bonds is 5. The van der Waals surface area contributed by atoms with Gasteiger partial charge in [-0.2, -0.15) is 0 Å². The fraction of sp³-hybridized carbons (Fsp3) is 0. The van der Waals surface area contributed by atoms with Crippen LogP contribution in [0.4, 0.5) is 0 Å². The number of primary amides is 1. The van der Waals surface area contributed by atoms with Crippen molar-refractivity contribution in [3.05, 3.63) is 70.4 Å². The Labute approximate surface area is 157 Å². The van der Waals surface area contributed by atoms with E-state index in [-0.39, 0.29) is 5.78 Å². The molecule has 1 amide bonds. The van der Waals surface area contributed by atoms with Gasteiger partial charge in [-0.1, -0.05) is 24.3 Å². The molecule has 0 aliphatic heterocycles. The lowest BCUT2D eigenvalue weighted by molar-refractivity contribution is -0.113. The molecule has 0 spiro atoms. The third-order valence-electron chi connectivity index (χ3n) is 3.91. The number of carbonyl (C=O) groups excluding carboxylic acids is 2. The van der Waals surface area contributed by atoms with Crippen LogP contribution in [0, 0.1) is 0 Å². The summed E-state index contributed by atoms with van der Waals surface area (Å²) in [7, 11) is 0. The molecule has 4 rings (SSSR count). The number of nitrogens with zero attached hydrogens (tertiary/aromatic N) is 3. The van der Waals surface area contributed by atoms with Crippen LogP contribution in [-0.4, -0.2) is 31.6 Å². The molecule has 0 unspecified atom stereocenters. The maximum Gasteiger partial charge on any atom is 0.241 e. The van der Waals surface area contributed by atoms with Gasteiger partial charge in [0.25, 0.3) is 0 Å². The van der Waals surface area contributed by atoms with Crippen LogP contribution in [0.5, 0.6) is 0 Å². The van der Waals surface area contributed by atoms with Gasteiger partial charge >= 0.3 is 0 Å². The summed E-state index contributed by atoms with van der Waals surface area (Å²) < 4.78 is 0. The van der Waals surface area contributed by atoms with Gasteiger partial charge in [0.2, 0.25) is 11.7 Å². The van der Waals surface area contributed by atoms with Gasteiger partial charge in [-0.3, -0.25) is 9.59 Å². The number of benzene rings is 1. The first-order valence-corrected chi connectivity index (χ1v) is 8.86. The number of nitrogens with two attached hydrogens (primary N) is 1. The molecule has 0 atom stereocenters. The SMILES string of the molecule is NC(=O)/C=C/c1c[nH]c2ncc(-c3ccc(C(=O)c4nccs4)cc3)nc12. The molecule has 0 fully saturated rings. The number of amides is 1. The fourth-order valence-corrected chi connectivity index (χ4v) is 3.20. The van der Waals surface area contributed by atoms with Crippen molar-refractivity contribution in [2.45, 2.75) is 0 Å². The van der Waals surface area contributed by atoms with E-state index in [0.29, 0.717) is 33.0 Å². The molecule has 3 aromatic heterocycles. The van der Waals surface area contributed by atoms with Crippen LogP contribution in [-0.2, 0) is 4.79 Å². The molecule has 132 valence electrons.